The Morgan fingerprint density at radius 2 is 2.14 bits per heavy atom. The molecule has 2 rings (SSSR count). The van der Waals surface area contributed by atoms with Gasteiger partial charge in [-0.25, -0.2) is 9.37 Å². The molecule has 0 fully saturated rings. The van der Waals surface area contributed by atoms with Gasteiger partial charge in [-0.05, 0) is 12.1 Å². The molecule has 1 aromatic carbocycles. The quantitative estimate of drug-likeness (QED) is 0.790. The van der Waals surface area contributed by atoms with Crippen LogP contribution in [0.3, 0.4) is 0 Å². The average molecular weight is 312 g/mol. The van der Waals surface area contributed by atoms with Crippen LogP contribution in [0.4, 0.5) is 10.2 Å². The zero-order valence-electron chi connectivity index (χ0n) is 10.7. The van der Waals surface area contributed by atoms with Crippen LogP contribution in [0.5, 0.6) is 0 Å². The highest BCUT2D eigenvalue weighted by atomic mass is 35.5. The minimum absolute atomic E-state index is 0.0572. The van der Waals surface area contributed by atoms with Gasteiger partial charge in [-0.3, -0.25) is 9.59 Å². The minimum Gasteiger partial charge on any atom is -0.481 e. The first-order valence-electron chi connectivity index (χ1n) is 5.90. The lowest BCUT2D eigenvalue weighted by Crippen LogP contribution is -2.22. The number of halogens is 2. The van der Waals surface area contributed by atoms with Gasteiger partial charge in [0.15, 0.2) is 0 Å². The number of aliphatic carboxylic acids is 1. The Balaban J connectivity index is 2.39. The molecule has 0 aliphatic carbocycles. The Bertz CT molecular complexity index is 741. The first kappa shape index (κ1) is 15.0. The lowest BCUT2D eigenvalue weighted by Gasteiger charge is -2.07. The SMILES string of the molecule is Nc1nc(Cc2c(F)cccc2Cl)[nH]c(=O)c1CC(=O)O. The maximum absolute atomic E-state index is 13.7. The number of hydrogen-bond donors (Lipinski definition) is 3. The number of H-pyrrole nitrogens is 1. The molecule has 0 radical (unpaired) electrons. The third kappa shape index (κ3) is 3.38. The van der Waals surface area contributed by atoms with Gasteiger partial charge in [-0.1, -0.05) is 17.7 Å². The number of nitrogen functional groups attached to an aromatic ring is 1. The third-order valence-corrected chi connectivity index (χ3v) is 3.18. The van der Waals surface area contributed by atoms with E-state index in [9.17, 15) is 14.0 Å². The van der Waals surface area contributed by atoms with Crippen molar-refractivity contribution in [3.8, 4) is 0 Å². The molecule has 21 heavy (non-hydrogen) atoms. The van der Waals surface area contributed by atoms with Crippen molar-refractivity contribution in [2.75, 3.05) is 5.73 Å². The van der Waals surface area contributed by atoms with Crippen molar-refractivity contribution in [1.29, 1.82) is 0 Å². The van der Waals surface area contributed by atoms with Crippen molar-refractivity contribution < 1.29 is 14.3 Å². The van der Waals surface area contributed by atoms with Crippen molar-refractivity contribution in [3.63, 3.8) is 0 Å². The Hall–Kier alpha value is -2.41. The molecule has 110 valence electrons. The summed E-state index contributed by atoms with van der Waals surface area (Å²) in [5.41, 5.74) is 4.96. The number of carboxylic acids is 1. The number of aromatic amines is 1. The molecule has 1 heterocycles. The highest BCUT2D eigenvalue weighted by Crippen LogP contribution is 2.21. The molecule has 0 aliphatic heterocycles. The van der Waals surface area contributed by atoms with Crippen molar-refractivity contribution in [2.45, 2.75) is 12.8 Å². The molecule has 0 unspecified atom stereocenters. The van der Waals surface area contributed by atoms with E-state index < -0.39 is 23.8 Å². The summed E-state index contributed by atoms with van der Waals surface area (Å²) < 4.78 is 13.7. The first-order valence-corrected chi connectivity index (χ1v) is 6.28. The van der Waals surface area contributed by atoms with Crippen LogP contribution in [0.25, 0.3) is 0 Å². The van der Waals surface area contributed by atoms with Gasteiger partial charge in [0.25, 0.3) is 5.56 Å². The fraction of sp³-hybridized carbons (Fsp3) is 0.154. The second-order valence-corrected chi connectivity index (χ2v) is 4.73. The number of carboxylic acid groups (broad SMARTS) is 1. The van der Waals surface area contributed by atoms with E-state index in [1.165, 1.54) is 18.2 Å². The molecule has 0 amide bonds. The summed E-state index contributed by atoms with van der Waals surface area (Å²) >= 11 is 5.89. The van der Waals surface area contributed by atoms with Crippen molar-refractivity contribution in [2.24, 2.45) is 0 Å². The molecule has 0 aliphatic rings. The Morgan fingerprint density at radius 1 is 1.43 bits per heavy atom. The largest absolute Gasteiger partial charge is 0.481 e. The molecule has 6 nitrogen and oxygen atoms in total. The molecule has 0 saturated heterocycles. The Kier molecular flexibility index (Phi) is 4.23. The molecular formula is C13H11ClFN3O3. The normalized spacial score (nSPS) is 10.6. The molecule has 2 aromatic rings. The van der Waals surface area contributed by atoms with E-state index in [4.69, 9.17) is 22.4 Å². The monoisotopic (exact) mass is 311 g/mol. The fourth-order valence-corrected chi connectivity index (χ4v) is 2.07. The maximum atomic E-state index is 13.7. The van der Waals surface area contributed by atoms with Crippen molar-refractivity contribution in [3.05, 3.63) is 56.3 Å². The highest BCUT2D eigenvalue weighted by Gasteiger charge is 2.15. The molecular weight excluding hydrogens is 301 g/mol. The highest BCUT2D eigenvalue weighted by molar-refractivity contribution is 6.31. The number of nitrogens with one attached hydrogen (secondary N) is 1. The summed E-state index contributed by atoms with van der Waals surface area (Å²) in [6.07, 6.45) is -0.590. The van der Waals surface area contributed by atoms with E-state index >= 15 is 0 Å². The van der Waals surface area contributed by atoms with Crippen molar-refractivity contribution in [1.82, 2.24) is 9.97 Å². The van der Waals surface area contributed by atoms with Gasteiger partial charge in [0.05, 0.1) is 12.0 Å². The molecule has 8 heteroatoms. The van der Waals surface area contributed by atoms with Crippen LogP contribution in [-0.2, 0) is 17.6 Å². The second-order valence-electron chi connectivity index (χ2n) is 4.32. The van der Waals surface area contributed by atoms with Gasteiger partial charge in [0.1, 0.15) is 17.5 Å². The van der Waals surface area contributed by atoms with Crippen LogP contribution in [0.1, 0.15) is 17.0 Å². The lowest BCUT2D eigenvalue weighted by molar-refractivity contribution is -0.136. The summed E-state index contributed by atoms with van der Waals surface area (Å²) in [7, 11) is 0. The Labute approximate surface area is 123 Å². The van der Waals surface area contributed by atoms with E-state index in [2.05, 4.69) is 9.97 Å². The number of aromatic nitrogens is 2. The first-order chi connectivity index (χ1) is 9.88. The molecule has 0 spiro atoms. The predicted molar refractivity (Wildman–Crippen MR) is 74.8 cm³/mol. The zero-order chi connectivity index (χ0) is 15.6. The fourth-order valence-electron chi connectivity index (χ4n) is 1.84. The predicted octanol–water partition coefficient (Wildman–Crippen LogP) is 1.36. The summed E-state index contributed by atoms with van der Waals surface area (Å²) in [6.45, 7) is 0. The average Bonchev–Trinajstić information content (AvgIpc) is 2.38. The number of anilines is 1. The number of carbonyl (C=O) groups is 1. The van der Waals surface area contributed by atoms with Gasteiger partial charge in [-0.15, -0.1) is 0 Å². The lowest BCUT2D eigenvalue weighted by atomic mass is 10.1. The van der Waals surface area contributed by atoms with Crippen LogP contribution in [-0.4, -0.2) is 21.0 Å². The van der Waals surface area contributed by atoms with E-state index in [0.29, 0.717) is 0 Å². The smallest absolute Gasteiger partial charge is 0.308 e. The van der Waals surface area contributed by atoms with Gasteiger partial charge in [-0.2, -0.15) is 0 Å². The van der Waals surface area contributed by atoms with Crippen LogP contribution >= 0.6 is 11.6 Å². The standard InChI is InChI=1S/C13H11ClFN3O3/c14-8-2-1-3-9(15)6(8)4-10-17-12(16)7(5-11(19)20)13(21)18-10/h1-3H,4-5H2,(H,19,20)(H3,16,17,18,21). The van der Waals surface area contributed by atoms with Gasteiger partial charge in [0, 0.05) is 17.0 Å². The van der Waals surface area contributed by atoms with Crippen LogP contribution < -0.4 is 11.3 Å². The Morgan fingerprint density at radius 3 is 2.71 bits per heavy atom. The number of nitrogens with two attached hydrogens (primary N) is 1. The van der Waals surface area contributed by atoms with Crippen LogP contribution in [0, 0.1) is 5.82 Å². The molecule has 0 saturated carbocycles. The topological polar surface area (TPSA) is 109 Å². The summed E-state index contributed by atoms with van der Waals surface area (Å²) in [6, 6.07) is 4.21. The number of hydrogen-bond acceptors (Lipinski definition) is 4. The van der Waals surface area contributed by atoms with Crippen molar-refractivity contribution >= 4 is 23.4 Å². The van der Waals surface area contributed by atoms with Gasteiger partial charge in [0.2, 0.25) is 0 Å². The molecule has 1 aromatic heterocycles. The van der Waals surface area contributed by atoms with Gasteiger partial charge < -0.3 is 15.8 Å². The number of nitrogens with zero attached hydrogens (tertiary/aromatic N) is 1. The second kappa shape index (κ2) is 5.92. The van der Waals surface area contributed by atoms with Crippen LogP contribution in [0.2, 0.25) is 5.02 Å². The third-order valence-electron chi connectivity index (χ3n) is 2.83. The minimum atomic E-state index is -1.20. The zero-order valence-corrected chi connectivity index (χ0v) is 11.4. The number of rotatable bonds is 4. The number of benzene rings is 1. The van der Waals surface area contributed by atoms with Crippen LogP contribution in [0.15, 0.2) is 23.0 Å². The maximum Gasteiger partial charge on any atom is 0.308 e. The summed E-state index contributed by atoms with van der Waals surface area (Å²) in [5, 5.41) is 8.89. The van der Waals surface area contributed by atoms with E-state index in [1.807, 2.05) is 0 Å². The summed E-state index contributed by atoms with van der Waals surface area (Å²) in [4.78, 5) is 28.7. The summed E-state index contributed by atoms with van der Waals surface area (Å²) in [5.74, 6) is -1.81. The van der Waals surface area contributed by atoms with E-state index in [-0.39, 0.29) is 34.2 Å². The molecule has 0 bridgehead atoms. The molecule has 4 N–H and O–H groups in total. The van der Waals surface area contributed by atoms with E-state index in [0.717, 1.165) is 0 Å². The van der Waals surface area contributed by atoms with Gasteiger partial charge >= 0.3 is 5.97 Å². The molecule has 0 atom stereocenters. The van der Waals surface area contributed by atoms with E-state index in [1.54, 1.807) is 0 Å².